The molecule has 1 aliphatic rings. The van der Waals surface area contributed by atoms with Crippen molar-refractivity contribution in [1.29, 1.82) is 0 Å². The first-order valence-electron chi connectivity index (χ1n) is 5.67. The number of nitrogens with two attached hydrogens (primary N) is 2. The zero-order valence-corrected chi connectivity index (χ0v) is 10.2. The summed E-state index contributed by atoms with van der Waals surface area (Å²) in [4.78, 5) is 26.3. The van der Waals surface area contributed by atoms with Crippen molar-refractivity contribution in [3.05, 3.63) is 23.8 Å². The molecule has 0 aromatic heterocycles. The molecule has 1 fully saturated rings. The summed E-state index contributed by atoms with van der Waals surface area (Å²) in [5.74, 6) is -0.456. The molecule has 18 heavy (non-hydrogen) atoms. The van der Waals surface area contributed by atoms with Gasteiger partial charge in [0.1, 0.15) is 0 Å². The summed E-state index contributed by atoms with van der Waals surface area (Å²) in [6.07, 6.45) is 0. The van der Waals surface area contributed by atoms with Crippen molar-refractivity contribution in [1.82, 2.24) is 4.90 Å². The number of nitrogens with zero attached hydrogens (tertiary/aromatic N) is 2. The van der Waals surface area contributed by atoms with Crippen LogP contribution in [0.15, 0.2) is 18.2 Å². The number of hydrogen-bond acceptors (Lipinski definition) is 4. The maximum absolute atomic E-state index is 11.6. The van der Waals surface area contributed by atoms with Crippen LogP contribution in [0, 0.1) is 0 Å². The summed E-state index contributed by atoms with van der Waals surface area (Å²) in [5, 5.41) is 0. The number of piperazine rings is 1. The molecule has 0 unspecified atom stereocenters. The molecule has 0 atom stereocenters. The number of carbonyl (C=O) groups excluding carboxylic acids is 2. The Morgan fingerprint density at radius 3 is 2.61 bits per heavy atom. The van der Waals surface area contributed by atoms with Crippen molar-refractivity contribution in [3.63, 3.8) is 0 Å². The second kappa shape index (κ2) is 4.56. The molecule has 1 saturated heterocycles. The third-order valence-corrected chi connectivity index (χ3v) is 3.11. The average molecular weight is 248 g/mol. The van der Waals surface area contributed by atoms with Crippen molar-refractivity contribution in [2.75, 3.05) is 37.3 Å². The van der Waals surface area contributed by atoms with E-state index < -0.39 is 5.91 Å². The minimum atomic E-state index is -0.511. The molecule has 0 bridgehead atoms. The number of likely N-dealkylation sites (N-methyl/N-ethyl adjacent to an activating group) is 1. The number of primary amides is 1. The van der Waals surface area contributed by atoms with Gasteiger partial charge in [-0.15, -0.1) is 0 Å². The van der Waals surface area contributed by atoms with E-state index in [9.17, 15) is 9.59 Å². The van der Waals surface area contributed by atoms with E-state index in [4.69, 9.17) is 11.5 Å². The molecule has 2 amide bonds. The molecule has 4 N–H and O–H groups in total. The van der Waals surface area contributed by atoms with E-state index in [1.165, 1.54) is 0 Å². The van der Waals surface area contributed by atoms with E-state index in [2.05, 4.69) is 0 Å². The zero-order valence-electron chi connectivity index (χ0n) is 10.2. The summed E-state index contributed by atoms with van der Waals surface area (Å²) in [7, 11) is 1.78. The Balaban J connectivity index is 2.24. The van der Waals surface area contributed by atoms with E-state index in [0.29, 0.717) is 24.3 Å². The van der Waals surface area contributed by atoms with Crippen LogP contribution in [-0.4, -0.2) is 43.4 Å². The van der Waals surface area contributed by atoms with Gasteiger partial charge in [-0.3, -0.25) is 9.59 Å². The van der Waals surface area contributed by atoms with Gasteiger partial charge < -0.3 is 21.3 Å². The lowest BCUT2D eigenvalue weighted by Crippen LogP contribution is -2.48. The first kappa shape index (κ1) is 12.2. The fourth-order valence-corrected chi connectivity index (χ4v) is 1.96. The molecule has 1 aromatic carbocycles. The van der Waals surface area contributed by atoms with Crippen molar-refractivity contribution in [3.8, 4) is 0 Å². The standard InChI is InChI=1S/C12H16N4O2/c1-15-4-5-16(7-11(15)17)10-3-2-8(12(14)18)6-9(10)13/h2-3,6H,4-5,7,13H2,1H3,(H2,14,18). The molecule has 0 spiro atoms. The lowest BCUT2D eigenvalue weighted by molar-refractivity contribution is -0.129. The number of anilines is 2. The second-order valence-electron chi connectivity index (χ2n) is 4.37. The molecule has 6 heteroatoms. The first-order chi connectivity index (χ1) is 8.49. The number of carbonyl (C=O) groups is 2. The largest absolute Gasteiger partial charge is 0.397 e. The Bertz CT molecular complexity index is 501. The molecule has 0 saturated carbocycles. The fraction of sp³-hybridized carbons (Fsp3) is 0.333. The third-order valence-electron chi connectivity index (χ3n) is 3.11. The Hall–Kier alpha value is -2.24. The SMILES string of the molecule is CN1CCN(c2ccc(C(N)=O)cc2N)CC1=O. The maximum atomic E-state index is 11.6. The van der Waals surface area contributed by atoms with Crippen molar-refractivity contribution >= 4 is 23.2 Å². The van der Waals surface area contributed by atoms with E-state index in [1.807, 2.05) is 4.90 Å². The van der Waals surface area contributed by atoms with Crippen LogP contribution in [0.3, 0.4) is 0 Å². The van der Waals surface area contributed by atoms with E-state index >= 15 is 0 Å². The molecular formula is C12H16N4O2. The topological polar surface area (TPSA) is 92.7 Å². The third kappa shape index (κ3) is 2.22. The second-order valence-corrected chi connectivity index (χ2v) is 4.37. The quantitative estimate of drug-likeness (QED) is 0.699. The molecule has 1 aromatic rings. The minimum absolute atomic E-state index is 0.0552. The van der Waals surface area contributed by atoms with Gasteiger partial charge in [0.15, 0.2) is 0 Å². The molecule has 96 valence electrons. The molecule has 1 aliphatic heterocycles. The number of rotatable bonds is 2. The van der Waals surface area contributed by atoms with Crippen molar-refractivity contribution < 1.29 is 9.59 Å². The number of benzene rings is 1. The van der Waals surface area contributed by atoms with Gasteiger partial charge in [0.25, 0.3) is 0 Å². The Morgan fingerprint density at radius 1 is 1.33 bits per heavy atom. The van der Waals surface area contributed by atoms with Crippen LogP contribution >= 0.6 is 0 Å². The lowest BCUT2D eigenvalue weighted by Gasteiger charge is -2.34. The molecule has 6 nitrogen and oxygen atoms in total. The highest BCUT2D eigenvalue weighted by Gasteiger charge is 2.22. The van der Waals surface area contributed by atoms with Crippen LogP contribution in [0.4, 0.5) is 11.4 Å². The van der Waals surface area contributed by atoms with Gasteiger partial charge >= 0.3 is 0 Å². The smallest absolute Gasteiger partial charge is 0.248 e. The zero-order chi connectivity index (χ0) is 13.3. The van der Waals surface area contributed by atoms with Crippen LogP contribution in [0.25, 0.3) is 0 Å². The summed E-state index contributed by atoms with van der Waals surface area (Å²) in [6, 6.07) is 4.89. The summed E-state index contributed by atoms with van der Waals surface area (Å²) >= 11 is 0. The van der Waals surface area contributed by atoms with Crippen LogP contribution in [0.2, 0.25) is 0 Å². The summed E-state index contributed by atoms with van der Waals surface area (Å²) < 4.78 is 0. The Kier molecular flexibility index (Phi) is 3.10. The maximum Gasteiger partial charge on any atom is 0.248 e. The van der Waals surface area contributed by atoms with Crippen LogP contribution in [-0.2, 0) is 4.79 Å². The number of hydrogen-bond donors (Lipinski definition) is 2. The van der Waals surface area contributed by atoms with Gasteiger partial charge in [0.2, 0.25) is 11.8 Å². The van der Waals surface area contributed by atoms with Gasteiger partial charge in [-0.2, -0.15) is 0 Å². The highest BCUT2D eigenvalue weighted by Crippen LogP contribution is 2.25. The molecule has 0 aliphatic carbocycles. The highest BCUT2D eigenvalue weighted by atomic mass is 16.2. The summed E-state index contributed by atoms with van der Waals surface area (Å²) in [5.41, 5.74) is 12.7. The van der Waals surface area contributed by atoms with E-state index in [0.717, 1.165) is 12.2 Å². The van der Waals surface area contributed by atoms with Crippen LogP contribution in [0.1, 0.15) is 10.4 Å². The van der Waals surface area contributed by atoms with Gasteiger partial charge in [-0.05, 0) is 18.2 Å². The molecular weight excluding hydrogens is 232 g/mol. The normalized spacial score (nSPS) is 15.9. The first-order valence-corrected chi connectivity index (χ1v) is 5.67. The summed E-state index contributed by atoms with van der Waals surface area (Å²) in [6.45, 7) is 1.69. The van der Waals surface area contributed by atoms with E-state index in [-0.39, 0.29) is 5.91 Å². The van der Waals surface area contributed by atoms with Gasteiger partial charge in [-0.25, -0.2) is 0 Å². The molecule has 2 rings (SSSR count). The highest BCUT2D eigenvalue weighted by molar-refractivity contribution is 5.95. The number of nitrogen functional groups attached to an aromatic ring is 1. The monoisotopic (exact) mass is 248 g/mol. The predicted molar refractivity (Wildman–Crippen MR) is 69.2 cm³/mol. The van der Waals surface area contributed by atoms with Gasteiger partial charge in [0, 0.05) is 25.7 Å². The van der Waals surface area contributed by atoms with Crippen LogP contribution < -0.4 is 16.4 Å². The van der Waals surface area contributed by atoms with Crippen molar-refractivity contribution in [2.45, 2.75) is 0 Å². The number of amides is 2. The van der Waals surface area contributed by atoms with Gasteiger partial charge in [0.05, 0.1) is 17.9 Å². The van der Waals surface area contributed by atoms with E-state index in [1.54, 1.807) is 30.1 Å². The molecule has 1 heterocycles. The van der Waals surface area contributed by atoms with Crippen LogP contribution in [0.5, 0.6) is 0 Å². The fourth-order valence-electron chi connectivity index (χ4n) is 1.96. The lowest BCUT2D eigenvalue weighted by atomic mass is 10.1. The average Bonchev–Trinajstić information content (AvgIpc) is 2.32. The molecule has 0 radical (unpaired) electrons. The predicted octanol–water partition coefficient (Wildman–Crippen LogP) is -0.354. The van der Waals surface area contributed by atoms with Gasteiger partial charge in [-0.1, -0.05) is 0 Å². The minimum Gasteiger partial charge on any atom is -0.397 e. The van der Waals surface area contributed by atoms with Crippen molar-refractivity contribution in [2.24, 2.45) is 5.73 Å². The Morgan fingerprint density at radius 2 is 2.06 bits per heavy atom. The Labute approximate surface area is 105 Å².